The predicted molar refractivity (Wildman–Crippen MR) is 114 cm³/mol. The fourth-order valence-corrected chi connectivity index (χ4v) is 5.48. The first-order valence-corrected chi connectivity index (χ1v) is 11.5. The van der Waals surface area contributed by atoms with Crippen LogP contribution in [-0.4, -0.2) is 41.2 Å². The van der Waals surface area contributed by atoms with Gasteiger partial charge in [-0.05, 0) is 63.1 Å². The molecule has 2 unspecified atom stereocenters. The molecule has 7 heteroatoms. The minimum atomic E-state index is 0.138. The molecule has 2 atom stereocenters. The van der Waals surface area contributed by atoms with Gasteiger partial charge < -0.3 is 15.0 Å². The molecule has 2 saturated heterocycles. The van der Waals surface area contributed by atoms with Gasteiger partial charge in [-0.15, -0.1) is 0 Å². The molecule has 1 N–H and O–H groups in total. The number of nitrogens with one attached hydrogen (secondary N) is 1. The lowest BCUT2D eigenvalue weighted by Crippen LogP contribution is -2.42. The van der Waals surface area contributed by atoms with Crippen molar-refractivity contribution in [1.29, 1.82) is 0 Å². The fourth-order valence-electron chi connectivity index (χ4n) is 4.40. The second-order valence-electron chi connectivity index (χ2n) is 8.70. The van der Waals surface area contributed by atoms with E-state index >= 15 is 0 Å². The summed E-state index contributed by atoms with van der Waals surface area (Å²) in [5, 5.41) is 4.14. The van der Waals surface area contributed by atoms with Crippen LogP contribution in [0.4, 0.5) is 5.13 Å². The summed E-state index contributed by atoms with van der Waals surface area (Å²) in [6, 6.07) is 4.23. The highest BCUT2D eigenvalue weighted by molar-refractivity contribution is 7.19. The summed E-state index contributed by atoms with van der Waals surface area (Å²) in [4.78, 5) is 25.3. The molecule has 29 heavy (non-hydrogen) atoms. The lowest BCUT2D eigenvalue weighted by molar-refractivity contribution is -0.121. The van der Waals surface area contributed by atoms with Crippen molar-refractivity contribution in [2.45, 2.75) is 64.7 Å². The fraction of sp³-hybridized carbons (Fsp3) is 0.591. The molecule has 4 heterocycles. The molecule has 3 aliphatic rings. The number of pyridine rings is 1. The summed E-state index contributed by atoms with van der Waals surface area (Å²) in [5.74, 6) is 0.731. The number of hydrogen-bond acceptors (Lipinski definition) is 6. The van der Waals surface area contributed by atoms with E-state index in [4.69, 9.17) is 9.72 Å². The molecule has 0 radical (unpaired) electrons. The highest BCUT2D eigenvalue weighted by Gasteiger charge is 2.35. The largest absolute Gasteiger partial charge is 0.371 e. The van der Waals surface area contributed by atoms with Crippen LogP contribution in [0.2, 0.25) is 0 Å². The lowest BCUT2D eigenvalue weighted by Gasteiger charge is -2.31. The zero-order valence-electron chi connectivity index (χ0n) is 17.1. The molecule has 1 aliphatic carbocycles. The number of rotatable bonds is 6. The Kier molecular flexibility index (Phi) is 5.04. The third-order valence-electron chi connectivity index (χ3n) is 5.97. The van der Waals surface area contributed by atoms with E-state index in [9.17, 15) is 4.79 Å². The number of aryl methyl sites for hydroxylation is 2. The average Bonchev–Trinajstić information content (AvgIpc) is 3.28. The van der Waals surface area contributed by atoms with Crippen molar-refractivity contribution in [2.75, 3.05) is 18.0 Å². The number of nitrogens with zero attached hydrogens (tertiary/aromatic N) is 3. The molecular formula is C22H28N4O2S. The predicted octanol–water partition coefficient (Wildman–Crippen LogP) is 3.61. The smallest absolute Gasteiger partial charge is 0.220 e. The van der Waals surface area contributed by atoms with Crippen LogP contribution in [0, 0.1) is 19.8 Å². The number of aromatic nitrogens is 2. The number of amides is 1. The minimum Gasteiger partial charge on any atom is -0.371 e. The second kappa shape index (κ2) is 7.69. The van der Waals surface area contributed by atoms with Gasteiger partial charge in [-0.25, -0.2) is 4.98 Å². The maximum absolute atomic E-state index is 12.3. The Bertz CT molecular complexity index is 891. The standard InChI is InChI=1S/C22H28N4O2S/c1-13-7-16(8-14(2)24-13)21-19(10-23-20(27)9-15-3-4-15)25-22(29-21)26-11-17-5-6-18(12-26)28-17/h7-8,15,17-18H,3-6,9-12H2,1-2H3,(H,23,27). The monoisotopic (exact) mass is 412 g/mol. The third kappa shape index (κ3) is 4.31. The molecular weight excluding hydrogens is 384 g/mol. The zero-order valence-corrected chi connectivity index (χ0v) is 17.9. The molecule has 2 aromatic heterocycles. The number of fused-ring (bicyclic) bond motifs is 2. The second-order valence-corrected chi connectivity index (χ2v) is 9.68. The van der Waals surface area contributed by atoms with E-state index in [0.717, 1.165) is 58.6 Å². The van der Waals surface area contributed by atoms with Crippen LogP contribution in [0.15, 0.2) is 12.1 Å². The molecule has 6 nitrogen and oxygen atoms in total. The van der Waals surface area contributed by atoms with Crippen LogP contribution in [0.5, 0.6) is 0 Å². The first-order valence-electron chi connectivity index (χ1n) is 10.7. The van der Waals surface area contributed by atoms with Gasteiger partial charge in [0.15, 0.2) is 5.13 Å². The first kappa shape index (κ1) is 19.0. The Morgan fingerprint density at radius 1 is 1.14 bits per heavy atom. The van der Waals surface area contributed by atoms with Crippen LogP contribution < -0.4 is 10.2 Å². The van der Waals surface area contributed by atoms with E-state index in [0.29, 0.717) is 31.1 Å². The maximum Gasteiger partial charge on any atom is 0.220 e. The van der Waals surface area contributed by atoms with Crippen LogP contribution >= 0.6 is 11.3 Å². The number of carbonyl (C=O) groups excluding carboxylic acids is 1. The first-order chi connectivity index (χ1) is 14.0. The minimum absolute atomic E-state index is 0.138. The van der Waals surface area contributed by atoms with Crippen LogP contribution in [-0.2, 0) is 16.1 Å². The van der Waals surface area contributed by atoms with Crippen LogP contribution in [0.1, 0.15) is 49.2 Å². The van der Waals surface area contributed by atoms with Crippen LogP contribution in [0.25, 0.3) is 10.4 Å². The number of morpholine rings is 1. The van der Waals surface area contributed by atoms with Gasteiger partial charge in [0, 0.05) is 30.9 Å². The quantitative estimate of drug-likeness (QED) is 0.785. The van der Waals surface area contributed by atoms with Crippen molar-refractivity contribution in [3.05, 3.63) is 29.2 Å². The Morgan fingerprint density at radius 2 is 1.83 bits per heavy atom. The van der Waals surface area contributed by atoms with Gasteiger partial charge in [0.1, 0.15) is 0 Å². The van der Waals surface area contributed by atoms with E-state index in [1.165, 1.54) is 12.8 Å². The summed E-state index contributed by atoms with van der Waals surface area (Å²) in [6.07, 6.45) is 5.97. The van der Waals surface area contributed by atoms with E-state index in [-0.39, 0.29) is 5.91 Å². The van der Waals surface area contributed by atoms with E-state index < -0.39 is 0 Å². The zero-order chi connectivity index (χ0) is 20.0. The molecule has 154 valence electrons. The van der Waals surface area contributed by atoms with Gasteiger partial charge in [0.25, 0.3) is 0 Å². The molecule has 2 aliphatic heterocycles. The summed E-state index contributed by atoms with van der Waals surface area (Å²) in [6.45, 7) is 6.34. The number of thiazole rings is 1. The van der Waals surface area contributed by atoms with Crippen LogP contribution in [0.3, 0.4) is 0 Å². The maximum atomic E-state index is 12.3. The number of carbonyl (C=O) groups is 1. The molecule has 2 aromatic rings. The molecule has 1 saturated carbocycles. The summed E-state index contributed by atoms with van der Waals surface area (Å²) < 4.78 is 5.99. The van der Waals surface area contributed by atoms with Crippen molar-refractivity contribution in [1.82, 2.24) is 15.3 Å². The summed E-state index contributed by atoms with van der Waals surface area (Å²) in [5.41, 5.74) is 4.10. The Labute approximate surface area is 175 Å². The Balaban J connectivity index is 1.42. The number of hydrogen-bond donors (Lipinski definition) is 1. The highest BCUT2D eigenvalue weighted by atomic mass is 32.1. The van der Waals surface area contributed by atoms with E-state index in [1.807, 2.05) is 13.8 Å². The molecule has 3 fully saturated rings. The molecule has 5 rings (SSSR count). The average molecular weight is 413 g/mol. The van der Waals surface area contributed by atoms with Crippen molar-refractivity contribution >= 4 is 22.4 Å². The highest BCUT2D eigenvalue weighted by Crippen LogP contribution is 2.38. The van der Waals surface area contributed by atoms with E-state index in [1.54, 1.807) is 11.3 Å². The van der Waals surface area contributed by atoms with Gasteiger partial charge in [-0.3, -0.25) is 9.78 Å². The Morgan fingerprint density at radius 3 is 2.48 bits per heavy atom. The normalized spacial score (nSPS) is 23.4. The molecule has 0 spiro atoms. The van der Waals surface area contributed by atoms with Crippen molar-refractivity contribution < 1.29 is 9.53 Å². The SMILES string of the molecule is Cc1cc(-c2sc(N3CC4CCC(C3)O4)nc2CNC(=O)CC2CC2)cc(C)n1. The molecule has 1 amide bonds. The summed E-state index contributed by atoms with van der Waals surface area (Å²) in [7, 11) is 0. The van der Waals surface area contributed by atoms with Gasteiger partial charge in [0.05, 0.1) is 29.3 Å². The molecule has 2 bridgehead atoms. The topological polar surface area (TPSA) is 67.3 Å². The van der Waals surface area contributed by atoms with Crippen molar-refractivity contribution in [3.63, 3.8) is 0 Å². The summed E-state index contributed by atoms with van der Waals surface area (Å²) >= 11 is 1.73. The Hall–Kier alpha value is -1.99. The van der Waals surface area contributed by atoms with Crippen molar-refractivity contribution in [3.8, 4) is 10.4 Å². The molecule has 0 aromatic carbocycles. The lowest BCUT2D eigenvalue weighted by atomic mass is 10.1. The third-order valence-corrected chi connectivity index (χ3v) is 7.18. The van der Waals surface area contributed by atoms with Gasteiger partial charge in [-0.2, -0.15) is 0 Å². The number of ether oxygens (including phenoxy) is 1. The number of anilines is 1. The van der Waals surface area contributed by atoms with Crippen molar-refractivity contribution in [2.24, 2.45) is 5.92 Å². The van der Waals surface area contributed by atoms with Gasteiger partial charge >= 0.3 is 0 Å². The van der Waals surface area contributed by atoms with Gasteiger partial charge in [0.2, 0.25) is 5.91 Å². The van der Waals surface area contributed by atoms with Gasteiger partial charge in [-0.1, -0.05) is 11.3 Å². The van der Waals surface area contributed by atoms with E-state index in [2.05, 4.69) is 27.3 Å².